The Bertz CT molecular complexity index is 1110. The fraction of sp³-hybridized carbons (Fsp3) is 0.250. The molecule has 1 amide bonds. The first-order valence-corrected chi connectivity index (χ1v) is 9.85. The van der Waals surface area contributed by atoms with Crippen molar-refractivity contribution in [3.63, 3.8) is 0 Å². The van der Waals surface area contributed by atoms with Crippen molar-refractivity contribution in [1.82, 2.24) is 4.98 Å². The second kappa shape index (κ2) is 7.94. The molecule has 1 aromatic heterocycles. The summed E-state index contributed by atoms with van der Waals surface area (Å²) in [5.41, 5.74) is 0.144. The van der Waals surface area contributed by atoms with Gasteiger partial charge in [0.2, 0.25) is 0 Å². The second-order valence-corrected chi connectivity index (χ2v) is 7.58. The fourth-order valence-electron chi connectivity index (χ4n) is 3.17. The van der Waals surface area contributed by atoms with Crippen molar-refractivity contribution in [3.05, 3.63) is 52.8 Å². The van der Waals surface area contributed by atoms with Crippen molar-refractivity contribution in [2.75, 3.05) is 11.5 Å². The third kappa shape index (κ3) is 3.70. The molecule has 0 radical (unpaired) electrons. The van der Waals surface area contributed by atoms with Crippen LogP contribution in [-0.4, -0.2) is 29.6 Å². The Balaban J connectivity index is 1.69. The highest BCUT2D eigenvalue weighted by molar-refractivity contribution is 7.18. The van der Waals surface area contributed by atoms with Gasteiger partial charge in [-0.25, -0.2) is 18.2 Å². The lowest BCUT2D eigenvalue weighted by Crippen LogP contribution is -2.47. The number of hydrogen-bond donors (Lipinski definition) is 0. The van der Waals surface area contributed by atoms with Crippen LogP contribution in [0.25, 0.3) is 10.2 Å². The monoisotopic (exact) mass is 436 g/mol. The number of carbonyl (C=O) groups is 2. The van der Waals surface area contributed by atoms with E-state index in [9.17, 15) is 22.8 Å². The number of nitrogens with zero attached hydrogens (tertiary/aromatic N) is 2. The molecule has 30 heavy (non-hydrogen) atoms. The van der Waals surface area contributed by atoms with Crippen LogP contribution < -0.4 is 9.64 Å². The highest BCUT2D eigenvalue weighted by Gasteiger charge is 2.38. The van der Waals surface area contributed by atoms with Gasteiger partial charge < -0.3 is 9.47 Å². The molecule has 1 atom stereocenters. The lowest BCUT2D eigenvalue weighted by molar-refractivity contribution is -0.147. The van der Waals surface area contributed by atoms with E-state index >= 15 is 0 Å². The maximum absolute atomic E-state index is 14.5. The van der Waals surface area contributed by atoms with Crippen LogP contribution in [-0.2, 0) is 20.9 Å². The van der Waals surface area contributed by atoms with Gasteiger partial charge in [-0.05, 0) is 25.1 Å². The summed E-state index contributed by atoms with van der Waals surface area (Å²) in [4.78, 5) is 30.2. The largest absolute Gasteiger partial charge is 0.478 e. The zero-order valence-corrected chi connectivity index (χ0v) is 16.5. The van der Waals surface area contributed by atoms with E-state index in [2.05, 4.69) is 4.98 Å². The summed E-state index contributed by atoms with van der Waals surface area (Å²) in [6.45, 7) is 1.63. The molecule has 0 spiro atoms. The van der Waals surface area contributed by atoms with Crippen LogP contribution in [0.2, 0.25) is 0 Å². The third-order valence-electron chi connectivity index (χ3n) is 4.46. The van der Waals surface area contributed by atoms with E-state index in [1.165, 1.54) is 18.2 Å². The lowest BCUT2D eigenvalue weighted by Gasteiger charge is -2.33. The van der Waals surface area contributed by atoms with Gasteiger partial charge in [0.05, 0.1) is 29.8 Å². The molecule has 3 aromatic rings. The number of para-hydroxylation sites is 1. The number of aromatic nitrogens is 1. The Morgan fingerprint density at radius 2 is 2.00 bits per heavy atom. The Morgan fingerprint density at radius 1 is 1.23 bits per heavy atom. The molecule has 0 saturated heterocycles. The first-order valence-electron chi connectivity index (χ1n) is 9.04. The number of fused-ring (bicyclic) bond motifs is 2. The number of carbonyl (C=O) groups excluding carboxylic acids is 2. The fourth-order valence-corrected chi connectivity index (χ4v) is 4.13. The smallest absolute Gasteiger partial charge is 0.310 e. The summed E-state index contributed by atoms with van der Waals surface area (Å²) in [7, 11) is 0. The molecule has 156 valence electrons. The molecule has 10 heteroatoms. The van der Waals surface area contributed by atoms with Crippen molar-refractivity contribution >= 4 is 39.1 Å². The molecule has 0 fully saturated rings. The van der Waals surface area contributed by atoms with Crippen molar-refractivity contribution in [2.45, 2.75) is 26.0 Å². The standard InChI is InChI=1S/C20H15F3N2O4S/c1-2-28-18(26)8-15-20(27)25(19-10(21)4-3-5-14(19)29-15)9-17-24-13-6-11(22)12(23)7-16(13)30-17/h3-7,15H,2,8-9H2,1H3. The number of thiazole rings is 1. The van der Waals surface area contributed by atoms with Crippen molar-refractivity contribution < 1.29 is 32.2 Å². The normalized spacial score (nSPS) is 15.8. The van der Waals surface area contributed by atoms with Gasteiger partial charge in [0, 0.05) is 6.07 Å². The lowest BCUT2D eigenvalue weighted by atomic mass is 10.1. The molecule has 1 unspecified atom stereocenters. The van der Waals surface area contributed by atoms with E-state index < -0.39 is 35.4 Å². The highest BCUT2D eigenvalue weighted by Crippen LogP contribution is 2.38. The molecule has 4 rings (SSSR count). The minimum absolute atomic E-state index is 0.0840. The summed E-state index contributed by atoms with van der Waals surface area (Å²) < 4.78 is 52.3. The number of rotatable bonds is 5. The van der Waals surface area contributed by atoms with Gasteiger partial charge in [-0.15, -0.1) is 11.3 Å². The molecule has 0 saturated carbocycles. The van der Waals surface area contributed by atoms with E-state index in [1.807, 2.05) is 0 Å². The number of anilines is 1. The van der Waals surface area contributed by atoms with Crippen molar-refractivity contribution in [1.29, 1.82) is 0 Å². The molecule has 1 aliphatic rings. The van der Waals surface area contributed by atoms with E-state index in [4.69, 9.17) is 9.47 Å². The first kappa shape index (κ1) is 20.1. The van der Waals surface area contributed by atoms with Gasteiger partial charge in [0.25, 0.3) is 5.91 Å². The van der Waals surface area contributed by atoms with Gasteiger partial charge in [-0.2, -0.15) is 0 Å². The number of benzene rings is 2. The average molecular weight is 436 g/mol. The van der Waals surface area contributed by atoms with Crippen LogP contribution in [0.15, 0.2) is 30.3 Å². The molecule has 2 aromatic carbocycles. The number of halogens is 3. The third-order valence-corrected chi connectivity index (χ3v) is 5.46. The summed E-state index contributed by atoms with van der Waals surface area (Å²) in [6, 6.07) is 6.07. The highest BCUT2D eigenvalue weighted by atomic mass is 32.1. The number of esters is 1. The molecular weight excluding hydrogens is 421 g/mol. The molecule has 1 aliphatic heterocycles. The van der Waals surface area contributed by atoms with E-state index in [-0.39, 0.29) is 36.5 Å². The topological polar surface area (TPSA) is 68.7 Å². The van der Waals surface area contributed by atoms with Gasteiger partial charge in [-0.1, -0.05) is 6.07 Å². The van der Waals surface area contributed by atoms with Gasteiger partial charge in [0.1, 0.15) is 16.4 Å². The second-order valence-electron chi connectivity index (χ2n) is 6.47. The summed E-state index contributed by atoms with van der Waals surface area (Å²) >= 11 is 1.05. The van der Waals surface area contributed by atoms with Gasteiger partial charge >= 0.3 is 5.97 Å². The van der Waals surface area contributed by atoms with Crippen LogP contribution in [0, 0.1) is 17.5 Å². The predicted octanol–water partition coefficient (Wildman–Crippen LogP) is 3.96. The Labute approximate surface area is 172 Å². The Kier molecular flexibility index (Phi) is 5.33. The van der Waals surface area contributed by atoms with E-state index in [0.29, 0.717) is 9.71 Å². The quantitative estimate of drug-likeness (QED) is 0.567. The van der Waals surface area contributed by atoms with E-state index in [0.717, 1.165) is 28.4 Å². The predicted molar refractivity (Wildman–Crippen MR) is 103 cm³/mol. The Hall–Kier alpha value is -3.14. The van der Waals surface area contributed by atoms with Crippen LogP contribution in [0.5, 0.6) is 5.75 Å². The Morgan fingerprint density at radius 3 is 2.77 bits per heavy atom. The number of ether oxygens (including phenoxy) is 2. The van der Waals surface area contributed by atoms with Crippen LogP contribution in [0.4, 0.5) is 18.9 Å². The molecular formula is C20H15F3N2O4S. The maximum atomic E-state index is 14.5. The van der Waals surface area contributed by atoms with Crippen LogP contribution >= 0.6 is 11.3 Å². The van der Waals surface area contributed by atoms with Gasteiger partial charge in [-0.3, -0.25) is 14.5 Å². The van der Waals surface area contributed by atoms with Crippen molar-refractivity contribution in [2.24, 2.45) is 0 Å². The van der Waals surface area contributed by atoms with Crippen LogP contribution in [0.1, 0.15) is 18.4 Å². The van der Waals surface area contributed by atoms with Gasteiger partial charge in [0.15, 0.2) is 23.6 Å². The first-order chi connectivity index (χ1) is 14.4. The SMILES string of the molecule is CCOC(=O)CC1Oc2cccc(F)c2N(Cc2nc3cc(F)c(F)cc3s2)C1=O. The average Bonchev–Trinajstić information content (AvgIpc) is 3.06. The van der Waals surface area contributed by atoms with E-state index in [1.54, 1.807) is 6.92 Å². The zero-order chi connectivity index (χ0) is 21.4. The summed E-state index contributed by atoms with van der Waals surface area (Å²) in [5.74, 6) is -3.90. The molecule has 2 heterocycles. The summed E-state index contributed by atoms with van der Waals surface area (Å²) in [5, 5.41) is 0.342. The van der Waals surface area contributed by atoms with Crippen LogP contribution in [0.3, 0.4) is 0 Å². The van der Waals surface area contributed by atoms with Crippen molar-refractivity contribution in [3.8, 4) is 5.75 Å². The molecule has 6 nitrogen and oxygen atoms in total. The summed E-state index contributed by atoms with van der Waals surface area (Å²) in [6.07, 6.45) is -1.53. The molecule has 0 N–H and O–H groups in total. The molecule has 0 bridgehead atoms. The zero-order valence-electron chi connectivity index (χ0n) is 15.7. The number of hydrogen-bond acceptors (Lipinski definition) is 6. The molecule has 0 aliphatic carbocycles. The minimum atomic E-state index is -1.19. The minimum Gasteiger partial charge on any atom is -0.478 e. The number of amides is 1. The maximum Gasteiger partial charge on any atom is 0.310 e.